The zero-order chi connectivity index (χ0) is 21.3. The highest BCUT2D eigenvalue weighted by Crippen LogP contribution is 2.33. The van der Waals surface area contributed by atoms with Gasteiger partial charge in [-0.15, -0.1) is 0 Å². The van der Waals surface area contributed by atoms with Crippen LogP contribution in [0.25, 0.3) is 0 Å². The first-order valence-corrected chi connectivity index (χ1v) is 9.19. The highest BCUT2D eigenvalue weighted by molar-refractivity contribution is 6.03. The van der Waals surface area contributed by atoms with Crippen molar-refractivity contribution in [3.05, 3.63) is 81.4 Å². The van der Waals surface area contributed by atoms with Crippen LogP contribution >= 0.6 is 0 Å². The summed E-state index contributed by atoms with van der Waals surface area (Å²) in [4.78, 5) is 30.0. The molecule has 0 spiro atoms. The number of rotatable bonds is 4. The number of aromatic nitrogens is 2. The molecule has 0 saturated heterocycles. The van der Waals surface area contributed by atoms with Gasteiger partial charge in [-0.3, -0.25) is 19.1 Å². The van der Waals surface area contributed by atoms with Crippen molar-refractivity contribution in [2.45, 2.75) is 19.6 Å². The van der Waals surface area contributed by atoms with Crippen LogP contribution < -0.4 is 15.0 Å². The second-order valence-corrected chi connectivity index (χ2v) is 6.79. The van der Waals surface area contributed by atoms with Crippen LogP contribution in [0.3, 0.4) is 0 Å². The number of ketones is 1. The van der Waals surface area contributed by atoms with E-state index < -0.39 is 23.3 Å². The van der Waals surface area contributed by atoms with E-state index in [2.05, 4.69) is 4.98 Å². The Hall–Kier alpha value is -4.12. The van der Waals surface area contributed by atoms with Gasteiger partial charge in [0.1, 0.15) is 18.2 Å². The van der Waals surface area contributed by atoms with Gasteiger partial charge in [-0.05, 0) is 36.2 Å². The van der Waals surface area contributed by atoms with Crippen LogP contribution in [0.15, 0.2) is 53.6 Å². The van der Waals surface area contributed by atoms with Crippen LogP contribution in [-0.4, -0.2) is 33.2 Å². The standard InChI is InChI=1S/C22H17N3O5/c1-13-15(9-23)21(27)25(11-14-5-4-8-24-10-14)22(28)19(13)20(26)18-12-29-16-6-2-3-7-17(16)30-18/h2-8,10,18,28H,11-12H2,1H3. The number of para-hydroxylation sites is 2. The van der Waals surface area contributed by atoms with Gasteiger partial charge in [-0.2, -0.15) is 5.26 Å². The maximum Gasteiger partial charge on any atom is 0.271 e. The van der Waals surface area contributed by atoms with E-state index >= 15 is 0 Å². The molecular formula is C22H17N3O5. The Morgan fingerprint density at radius 3 is 2.77 bits per heavy atom. The molecule has 1 N–H and O–H groups in total. The molecule has 1 aliphatic rings. The summed E-state index contributed by atoms with van der Waals surface area (Å²) in [7, 11) is 0. The first-order valence-electron chi connectivity index (χ1n) is 9.19. The highest BCUT2D eigenvalue weighted by atomic mass is 16.6. The topological polar surface area (TPSA) is 114 Å². The normalized spacial score (nSPS) is 14.7. The van der Waals surface area contributed by atoms with Gasteiger partial charge in [-0.25, -0.2) is 0 Å². The summed E-state index contributed by atoms with van der Waals surface area (Å²) in [6.45, 7) is 1.36. The number of hydrogen-bond acceptors (Lipinski definition) is 7. The number of Topliss-reactive ketones (excluding diaryl/α,β-unsaturated/α-hetero) is 1. The van der Waals surface area contributed by atoms with Gasteiger partial charge in [0.15, 0.2) is 17.6 Å². The molecule has 8 nitrogen and oxygen atoms in total. The first kappa shape index (κ1) is 19.2. The van der Waals surface area contributed by atoms with E-state index in [-0.39, 0.29) is 29.8 Å². The molecule has 1 atom stereocenters. The monoisotopic (exact) mass is 403 g/mol. The lowest BCUT2D eigenvalue weighted by Crippen LogP contribution is -2.38. The van der Waals surface area contributed by atoms with Gasteiger partial charge in [0.25, 0.3) is 5.56 Å². The van der Waals surface area contributed by atoms with Gasteiger partial charge in [0, 0.05) is 12.4 Å². The third-order valence-electron chi connectivity index (χ3n) is 4.91. The van der Waals surface area contributed by atoms with E-state index in [1.54, 1.807) is 42.6 Å². The minimum absolute atomic E-state index is 0.0431. The van der Waals surface area contributed by atoms with Crippen LogP contribution in [0, 0.1) is 18.3 Å². The maximum absolute atomic E-state index is 13.2. The minimum atomic E-state index is -1.03. The lowest BCUT2D eigenvalue weighted by molar-refractivity contribution is 0.0581. The molecule has 3 heterocycles. The molecule has 0 aliphatic carbocycles. The Kier molecular flexibility index (Phi) is 4.94. The number of pyridine rings is 2. The van der Waals surface area contributed by atoms with E-state index in [1.807, 2.05) is 6.07 Å². The Morgan fingerprint density at radius 1 is 1.30 bits per heavy atom. The Labute approximate surface area is 171 Å². The van der Waals surface area contributed by atoms with Gasteiger partial charge in [-0.1, -0.05) is 18.2 Å². The van der Waals surface area contributed by atoms with Crippen LogP contribution in [0.2, 0.25) is 0 Å². The summed E-state index contributed by atoms with van der Waals surface area (Å²) in [5, 5.41) is 20.3. The van der Waals surface area contributed by atoms with Crippen LogP contribution in [0.5, 0.6) is 17.4 Å². The van der Waals surface area contributed by atoms with Gasteiger partial charge in [0.05, 0.1) is 12.1 Å². The fraction of sp³-hybridized carbons (Fsp3) is 0.182. The number of aromatic hydroxyl groups is 1. The van der Waals surface area contributed by atoms with E-state index in [0.29, 0.717) is 17.1 Å². The third-order valence-corrected chi connectivity index (χ3v) is 4.91. The van der Waals surface area contributed by atoms with Gasteiger partial charge >= 0.3 is 0 Å². The molecule has 8 heteroatoms. The molecule has 1 aliphatic heterocycles. The fourth-order valence-electron chi connectivity index (χ4n) is 3.38. The molecule has 30 heavy (non-hydrogen) atoms. The van der Waals surface area contributed by atoms with Crippen LogP contribution in [0.1, 0.15) is 27.0 Å². The molecule has 150 valence electrons. The predicted octanol–water partition coefficient (Wildman–Crippen LogP) is 2.20. The Balaban J connectivity index is 1.78. The van der Waals surface area contributed by atoms with Gasteiger partial charge < -0.3 is 14.6 Å². The number of hydrogen-bond donors (Lipinski definition) is 1. The quantitative estimate of drug-likeness (QED) is 0.664. The molecule has 2 aromatic heterocycles. The van der Waals surface area contributed by atoms with Crippen molar-refractivity contribution < 1.29 is 19.4 Å². The largest absolute Gasteiger partial charge is 0.494 e. The van der Waals surface area contributed by atoms with Crippen molar-refractivity contribution in [3.8, 4) is 23.4 Å². The molecule has 3 aromatic rings. The summed E-state index contributed by atoms with van der Waals surface area (Å²) in [5.41, 5.74) is -0.290. The first-order chi connectivity index (χ1) is 14.5. The summed E-state index contributed by atoms with van der Waals surface area (Å²) in [5.74, 6) is -0.172. The third kappa shape index (κ3) is 3.26. The summed E-state index contributed by atoms with van der Waals surface area (Å²) in [6.07, 6.45) is 2.09. The lowest BCUT2D eigenvalue weighted by Gasteiger charge is -2.26. The van der Waals surface area contributed by atoms with E-state index in [0.717, 1.165) is 4.57 Å². The molecule has 1 aromatic carbocycles. The zero-order valence-electron chi connectivity index (χ0n) is 16.0. The molecule has 0 radical (unpaired) electrons. The second kappa shape index (κ2) is 7.72. The molecule has 0 saturated carbocycles. The molecule has 4 rings (SSSR count). The van der Waals surface area contributed by atoms with E-state index in [9.17, 15) is 20.0 Å². The molecule has 0 bridgehead atoms. The fourth-order valence-corrected chi connectivity index (χ4v) is 3.38. The average Bonchev–Trinajstić information content (AvgIpc) is 2.77. The van der Waals surface area contributed by atoms with Crippen molar-refractivity contribution in [2.24, 2.45) is 0 Å². The van der Waals surface area contributed by atoms with Crippen molar-refractivity contribution in [1.82, 2.24) is 9.55 Å². The van der Waals surface area contributed by atoms with Gasteiger partial charge in [0.2, 0.25) is 11.7 Å². The highest BCUT2D eigenvalue weighted by Gasteiger charge is 2.33. The number of fused-ring (bicyclic) bond motifs is 1. The number of carbonyl (C=O) groups is 1. The van der Waals surface area contributed by atoms with Crippen LogP contribution in [-0.2, 0) is 6.54 Å². The van der Waals surface area contributed by atoms with Crippen molar-refractivity contribution in [1.29, 1.82) is 5.26 Å². The molecule has 1 unspecified atom stereocenters. The minimum Gasteiger partial charge on any atom is -0.494 e. The van der Waals surface area contributed by atoms with Crippen molar-refractivity contribution in [3.63, 3.8) is 0 Å². The molecule has 0 amide bonds. The average molecular weight is 403 g/mol. The number of carbonyl (C=O) groups excluding carboxylic acids is 1. The predicted molar refractivity (Wildman–Crippen MR) is 106 cm³/mol. The van der Waals surface area contributed by atoms with Crippen molar-refractivity contribution >= 4 is 5.78 Å². The molecule has 0 fully saturated rings. The number of ether oxygens (including phenoxy) is 2. The van der Waals surface area contributed by atoms with Crippen molar-refractivity contribution in [2.75, 3.05) is 6.61 Å². The smallest absolute Gasteiger partial charge is 0.271 e. The Morgan fingerprint density at radius 2 is 2.07 bits per heavy atom. The van der Waals surface area contributed by atoms with E-state index in [1.165, 1.54) is 13.1 Å². The second-order valence-electron chi connectivity index (χ2n) is 6.79. The maximum atomic E-state index is 13.2. The SMILES string of the molecule is Cc1c(C(=O)C2COc3ccccc3O2)c(O)n(Cc2cccnc2)c(=O)c1C#N. The van der Waals surface area contributed by atoms with E-state index in [4.69, 9.17) is 9.47 Å². The lowest BCUT2D eigenvalue weighted by atomic mass is 9.98. The number of benzene rings is 1. The Bertz CT molecular complexity index is 1230. The summed E-state index contributed by atoms with van der Waals surface area (Å²) in [6, 6.07) is 12.2. The molecular weight excluding hydrogens is 386 g/mol. The summed E-state index contributed by atoms with van der Waals surface area (Å²) < 4.78 is 12.3. The number of nitriles is 1. The number of nitrogens with zero attached hydrogens (tertiary/aromatic N) is 3. The van der Waals surface area contributed by atoms with Crippen LogP contribution in [0.4, 0.5) is 0 Å². The zero-order valence-corrected chi connectivity index (χ0v) is 16.0. The summed E-state index contributed by atoms with van der Waals surface area (Å²) >= 11 is 0.